The van der Waals surface area contributed by atoms with E-state index in [1.165, 1.54) is 0 Å². The van der Waals surface area contributed by atoms with Gasteiger partial charge in [-0.25, -0.2) is 0 Å². The Bertz CT molecular complexity index is 90.9. The van der Waals surface area contributed by atoms with Gasteiger partial charge in [0, 0.05) is 5.92 Å². The lowest BCUT2D eigenvalue weighted by molar-refractivity contribution is -0.0846. The molecule has 9 heavy (non-hydrogen) atoms. The third-order valence-electron chi connectivity index (χ3n) is 1.41. The summed E-state index contributed by atoms with van der Waals surface area (Å²) in [5.41, 5.74) is 0. The van der Waals surface area contributed by atoms with Gasteiger partial charge in [0.1, 0.15) is 0 Å². The summed E-state index contributed by atoms with van der Waals surface area (Å²) in [6, 6.07) is 0. The predicted octanol–water partition coefficient (Wildman–Crippen LogP) is 1.40. The van der Waals surface area contributed by atoms with E-state index >= 15 is 0 Å². The van der Waals surface area contributed by atoms with Crippen LogP contribution in [0.1, 0.15) is 20.8 Å². The SMILES string of the molecule is CC1COC(C(C)C)O1. The number of hydrogen-bond acceptors (Lipinski definition) is 2. The van der Waals surface area contributed by atoms with E-state index < -0.39 is 0 Å². The maximum atomic E-state index is 5.40. The van der Waals surface area contributed by atoms with Crippen molar-refractivity contribution >= 4 is 0 Å². The number of hydrogen-bond donors (Lipinski definition) is 0. The Morgan fingerprint density at radius 3 is 2.33 bits per heavy atom. The Morgan fingerprint density at radius 1 is 1.44 bits per heavy atom. The molecule has 1 rings (SSSR count). The van der Waals surface area contributed by atoms with Gasteiger partial charge in [0.15, 0.2) is 6.29 Å². The van der Waals surface area contributed by atoms with Gasteiger partial charge in [0.2, 0.25) is 0 Å². The van der Waals surface area contributed by atoms with Crippen LogP contribution >= 0.6 is 0 Å². The van der Waals surface area contributed by atoms with Crippen molar-refractivity contribution in [3.63, 3.8) is 0 Å². The van der Waals surface area contributed by atoms with Crippen LogP contribution in [0.3, 0.4) is 0 Å². The fraction of sp³-hybridized carbons (Fsp3) is 1.00. The van der Waals surface area contributed by atoms with Crippen molar-refractivity contribution in [3.8, 4) is 0 Å². The van der Waals surface area contributed by atoms with Crippen molar-refractivity contribution in [1.29, 1.82) is 0 Å². The summed E-state index contributed by atoms with van der Waals surface area (Å²) in [7, 11) is 0. The molecule has 0 bridgehead atoms. The first kappa shape index (κ1) is 7.03. The van der Waals surface area contributed by atoms with Crippen molar-refractivity contribution in [2.75, 3.05) is 6.61 Å². The molecule has 1 fully saturated rings. The van der Waals surface area contributed by atoms with Crippen molar-refractivity contribution < 1.29 is 9.47 Å². The van der Waals surface area contributed by atoms with Gasteiger partial charge in [0.05, 0.1) is 12.7 Å². The molecule has 0 amide bonds. The highest BCUT2D eigenvalue weighted by atomic mass is 16.7. The Balaban J connectivity index is 2.30. The Hall–Kier alpha value is -0.0800. The molecule has 2 unspecified atom stereocenters. The minimum Gasteiger partial charge on any atom is -0.350 e. The van der Waals surface area contributed by atoms with Crippen LogP contribution in [0.15, 0.2) is 0 Å². The summed E-state index contributed by atoms with van der Waals surface area (Å²) >= 11 is 0. The van der Waals surface area contributed by atoms with Gasteiger partial charge >= 0.3 is 0 Å². The molecule has 2 nitrogen and oxygen atoms in total. The summed E-state index contributed by atoms with van der Waals surface area (Å²) in [6.07, 6.45) is 0.331. The van der Waals surface area contributed by atoms with E-state index in [-0.39, 0.29) is 12.4 Å². The van der Waals surface area contributed by atoms with E-state index in [4.69, 9.17) is 9.47 Å². The third-order valence-corrected chi connectivity index (χ3v) is 1.41. The topological polar surface area (TPSA) is 18.5 Å². The van der Waals surface area contributed by atoms with Crippen LogP contribution in [-0.4, -0.2) is 19.0 Å². The first-order valence-electron chi connectivity index (χ1n) is 3.47. The standard InChI is InChI=1S/C7H14O2/c1-5(2)7-8-4-6(3)9-7/h5-7H,4H2,1-3H3. The molecule has 0 aromatic heterocycles. The highest BCUT2D eigenvalue weighted by molar-refractivity contribution is 4.61. The van der Waals surface area contributed by atoms with E-state index in [1.807, 2.05) is 6.92 Å². The quantitative estimate of drug-likeness (QED) is 0.534. The molecule has 0 spiro atoms. The number of ether oxygens (including phenoxy) is 2. The molecule has 1 saturated heterocycles. The van der Waals surface area contributed by atoms with E-state index in [0.717, 1.165) is 6.61 Å². The maximum Gasteiger partial charge on any atom is 0.160 e. The molecule has 54 valence electrons. The van der Waals surface area contributed by atoms with Crippen molar-refractivity contribution in [1.82, 2.24) is 0 Å². The molecule has 0 aromatic carbocycles. The maximum absolute atomic E-state index is 5.40. The first-order chi connectivity index (χ1) is 4.20. The average Bonchev–Trinajstić information content (AvgIpc) is 2.14. The Morgan fingerprint density at radius 2 is 2.11 bits per heavy atom. The van der Waals surface area contributed by atoms with Crippen LogP contribution in [0.2, 0.25) is 0 Å². The molecule has 0 saturated carbocycles. The fourth-order valence-electron chi connectivity index (χ4n) is 0.887. The minimum absolute atomic E-state index is 0.0417. The Labute approximate surface area is 56.2 Å². The summed E-state index contributed by atoms with van der Waals surface area (Å²) < 4.78 is 10.7. The van der Waals surface area contributed by atoms with Crippen LogP contribution in [-0.2, 0) is 9.47 Å². The minimum atomic E-state index is 0.0417. The largest absolute Gasteiger partial charge is 0.350 e. The van der Waals surface area contributed by atoms with Gasteiger partial charge in [-0.2, -0.15) is 0 Å². The molecule has 2 atom stereocenters. The summed E-state index contributed by atoms with van der Waals surface area (Å²) in [5, 5.41) is 0. The second kappa shape index (κ2) is 2.67. The van der Waals surface area contributed by atoms with Gasteiger partial charge in [0.25, 0.3) is 0 Å². The molecule has 0 aliphatic carbocycles. The van der Waals surface area contributed by atoms with E-state index in [0.29, 0.717) is 5.92 Å². The lowest BCUT2D eigenvalue weighted by Crippen LogP contribution is -2.16. The van der Waals surface area contributed by atoms with E-state index in [1.54, 1.807) is 0 Å². The van der Waals surface area contributed by atoms with Gasteiger partial charge in [-0.05, 0) is 6.92 Å². The lowest BCUT2D eigenvalue weighted by Gasteiger charge is -2.12. The zero-order chi connectivity index (χ0) is 6.85. The summed E-state index contributed by atoms with van der Waals surface area (Å²) in [6.45, 7) is 6.98. The zero-order valence-electron chi connectivity index (χ0n) is 6.26. The van der Waals surface area contributed by atoms with Crippen LogP contribution in [0.4, 0.5) is 0 Å². The lowest BCUT2D eigenvalue weighted by atomic mass is 10.2. The second-order valence-electron chi connectivity index (χ2n) is 2.89. The van der Waals surface area contributed by atoms with Gasteiger partial charge in [-0.1, -0.05) is 13.8 Å². The van der Waals surface area contributed by atoms with E-state index in [9.17, 15) is 0 Å². The van der Waals surface area contributed by atoms with Crippen LogP contribution in [0.5, 0.6) is 0 Å². The average molecular weight is 130 g/mol. The summed E-state index contributed by atoms with van der Waals surface area (Å²) in [5.74, 6) is 0.481. The van der Waals surface area contributed by atoms with Gasteiger partial charge in [-0.3, -0.25) is 0 Å². The molecule has 0 radical (unpaired) electrons. The molecule has 1 heterocycles. The molecule has 2 heteroatoms. The molecule has 1 aliphatic heterocycles. The van der Waals surface area contributed by atoms with Crippen molar-refractivity contribution in [2.24, 2.45) is 5.92 Å². The molecule has 0 N–H and O–H groups in total. The molecular weight excluding hydrogens is 116 g/mol. The van der Waals surface area contributed by atoms with Crippen LogP contribution in [0.25, 0.3) is 0 Å². The predicted molar refractivity (Wildman–Crippen MR) is 35.1 cm³/mol. The first-order valence-corrected chi connectivity index (χ1v) is 3.47. The van der Waals surface area contributed by atoms with Crippen LogP contribution in [0, 0.1) is 5.92 Å². The van der Waals surface area contributed by atoms with Crippen molar-refractivity contribution in [3.05, 3.63) is 0 Å². The second-order valence-corrected chi connectivity index (χ2v) is 2.89. The highest BCUT2D eigenvalue weighted by Crippen LogP contribution is 2.17. The Kier molecular flexibility index (Phi) is 2.09. The van der Waals surface area contributed by atoms with Crippen LogP contribution < -0.4 is 0 Å². The van der Waals surface area contributed by atoms with Gasteiger partial charge < -0.3 is 9.47 Å². The van der Waals surface area contributed by atoms with Gasteiger partial charge in [-0.15, -0.1) is 0 Å². The molecule has 0 aromatic rings. The molecule has 1 aliphatic rings. The number of rotatable bonds is 1. The smallest absolute Gasteiger partial charge is 0.160 e. The normalized spacial score (nSPS) is 36.0. The fourth-order valence-corrected chi connectivity index (χ4v) is 0.887. The third kappa shape index (κ3) is 1.66. The zero-order valence-corrected chi connectivity index (χ0v) is 6.26. The van der Waals surface area contributed by atoms with E-state index in [2.05, 4.69) is 13.8 Å². The monoisotopic (exact) mass is 130 g/mol. The highest BCUT2D eigenvalue weighted by Gasteiger charge is 2.24. The summed E-state index contributed by atoms with van der Waals surface area (Å²) in [4.78, 5) is 0. The van der Waals surface area contributed by atoms with Crippen molar-refractivity contribution in [2.45, 2.75) is 33.2 Å². The molecular formula is C7H14O2.